The molecule has 0 saturated heterocycles. The fourth-order valence-electron chi connectivity index (χ4n) is 2.05. The van der Waals surface area contributed by atoms with Crippen molar-refractivity contribution in [1.29, 1.82) is 0 Å². The van der Waals surface area contributed by atoms with Crippen LogP contribution in [0.5, 0.6) is 5.75 Å². The van der Waals surface area contributed by atoms with Crippen molar-refractivity contribution in [3.05, 3.63) is 49.8 Å². The summed E-state index contributed by atoms with van der Waals surface area (Å²) in [6.45, 7) is 0.421. The molecule has 2 aromatic heterocycles. The Morgan fingerprint density at radius 1 is 1.46 bits per heavy atom. The number of ether oxygens (including phenoxy) is 1. The zero-order valence-electron chi connectivity index (χ0n) is 12.4. The van der Waals surface area contributed by atoms with Crippen molar-refractivity contribution in [3.8, 4) is 11.4 Å². The fraction of sp³-hybridized carbons (Fsp3) is 0.143. The number of aromatic nitrogens is 4. The molecule has 0 radical (unpaired) electrons. The number of methoxy groups -OCH3 is 1. The SMILES string of the molecule is COc1cc(-n2cnnn2)c(Cl)cc1C(=O)NCc1cc(Br)cs1. The molecule has 24 heavy (non-hydrogen) atoms. The van der Waals surface area contributed by atoms with Gasteiger partial charge in [0.05, 0.1) is 29.9 Å². The van der Waals surface area contributed by atoms with Gasteiger partial charge in [0.2, 0.25) is 0 Å². The molecule has 0 aliphatic rings. The monoisotopic (exact) mass is 427 g/mol. The third-order valence-electron chi connectivity index (χ3n) is 3.15. The fourth-order valence-corrected chi connectivity index (χ4v) is 3.69. The largest absolute Gasteiger partial charge is 0.496 e. The molecule has 1 N–H and O–H groups in total. The summed E-state index contributed by atoms with van der Waals surface area (Å²) in [5.41, 5.74) is 0.868. The average Bonchev–Trinajstić information content (AvgIpc) is 3.24. The minimum Gasteiger partial charge on any atom is -0.496 e. The van der Waals surface area contributed by atoms with E-state index in [2.05, 4.69) is 36.8 Å². The van der Waals surface area contributed by atoms with Crippen LogP contribution in [0.3, 0.4) is 0 Å². The van der Waals surface area contributed by atoms with Crippen molar-refractivity contribution in [2.45, 2.75) is 6.54 Å². The van der Waals surface area contributed by atoms with Crippen LogP contribution in [0.25, 0.3) is 5.69 Å². The van der Waals surface area contributed by atoms with Crippen molar-refractivity contribution in [2.75, 3.05) is 7.11 Å². The van der Waals surface area contributed by atoms with E-state index in [1.54, 1.807) is 17.4 Å². The normalized spacial score (nSPS) is 10.6. The van der Waals surface area contributed by atoms with E-state index >= 15 is 0 Å². The Labute approximate surface area is 154 Å². The van der Waals surface area contributed by atoms with Crippen LogP contribution in [0, 0.1) is 0 Å². The number of amides is 1. The van der Waals surface area contributed by atoms with Crippen LogP contribution in [0.4, 0.5) is 0 Å². The molecule has 0 atom stereocenters. The third kappa shape index (κ3) is 3.58. The molecule has 7 nitrogen and oxygen atoms in total. The van der Waals surface area contributed by atoms with E-state index < -0.39 is 0 Å². The van der Waals surface area contributed by atoms with Gasteiger partial charge in [-0.1, -0.05) is 11.6 Å². The highest BCUT2D eigenvalue weighted by atomic mass is 79.9. The van der Waals surface area contributed by atoms with Crippen LogP contribution >= 0.6 is 38.9 Å². The summed E-state index contributed by atoms with van der Waals surface area (Å²) in [6.07, 6.45) is 1.41. The van der Waals surface area contributed by atoms with Gasteiger partial charge in [-0.2, -0.15) is 4.68 Å². The van der Waals surface area contributed by atoms with Crippen molar-refractivity contribution in [2.24, 2.45) is 0 Å². The predicted molar refractivity (Wildman–Crippen MR) is 93.9 cm³/mol. The molecule has 10 heteroatoms. The Bertz CT molecular complexity index is 868. The van der Waals surface area contributed by atoms with E-state index in [0.717, 1.165) is 9.35 Å². The number of carbonyl (C=O) groups is 1. The smallest absolute Gasteiger partial charge is 0.255 e. The topological polar surface area (TPSA) is 81.9 Å². The first kappa shape index (κ1) is 16.9. The zero-order chi connectivity index (χ0) is 17.1. The maximum atomic E-state index is 12.5. The molecule has 0 bridgehead atoms. The summed E-state index contributed by atoms with van der Waals surface area (Å²) in [6, 6.07) is 5.11. The molecular weight excluding hydrogens is 418 g/mol. The number of benzene rings is 1. The number of hydrogen-bond donors (Lipinski definition) is 1. The van der Waals surface area contributed by atoms with Gasteiger partial charge in [-0.05, 0) is 38.5 Å². The number of halogens is 2. The molecule has 1 amide bonds. The third-order valence-corrected chi connectivity index (χ3v) is 5.15. The number of hydrogen-bond acceptors (Lipinski definition) is 6. The molecule has 0 unspecified atom stereocenters. The Hall–Kier alpha value is -1.97. The van der Waals surface area contributed by atoms with Crippen LogP contribution in [0.2, 0.25) is 5.02 Å². The van der Waals surface area contributed by atoms with Gasteiger partial charge in [-0.15, -0.1) is 16.4 Å². The van der Waals surface area contributed by atoms with Crippen LogP contribution < -0.4 is 10.1 Å². The molecule has 0 fully saturated rings. The number of carbonyl (C=O) groups excluding carboxylic acids is 1. The lowest BCUT2D eigenvalue weighted by atomic mass is 10.1. The van der Waals surface area contributed by atoms with Gasteiger partial charge in [0.15, 0.2) is 0 Å². The van der Waals surface area contributed by atoms with E-state index in [1.807, 2.05) is 11.4 Å². The molecule has 2 heterocycles. The van der Waals surface area contributed by atoms with E-state index in [-0.39, 0.29) is 5.91 Å². The van der Waals surface area contributed by atoms with Crippen LogP contribution in [-0.2, 0) is 6.54 Å². The molecule has 0 saturated carbocycles. The highest BCUT2D eigenvalue weighted by Gasteiger charge is 2.17. The van der Waals surface area contributed by atoms with Crippen molar-refractivity contribution < 1.29 is 9.53 Å². The summed E-state index contributed by atoms with van der Waals surface area (Å²) in [7, 11) is 1.49. The summed E-state index contributed by atoms with van der Waals surface area (Å²) in [5.74, 6) is 0.108. The van der Waals surface area contributed by atoms with Crippen molar-refractivity contribution >= 4 is 44.8 Å². The Morgan fingerprint density at radius 2 is 2.29 bits per heavy atom. The first-order chi connectivity index (χ1) is 11.6. The van der Waals surface area contributed by atoms with Crippen LogP contribution in [0.1, 0.15) is 15.2 Å². The summed E-state index contributed by atoms with van der Waals surface area (Å²) >= 11 is 11.2. The van der Waals surface area contributed by atoms with E-state index in [1.165, 1.54) is 24.2 Å². The first-order valence-corrected chi connectivity index (χ1v) is 8.75. The molecule has 124 valence electrons. The number of nitrogens with one attached hydrogen (secondary N) is 1. The van der Waals surface area contributed by atoms with E-state index in [4.69, 9.17) is 16.3 Å². The maximum absolute atomic E-state index is 12.5. The number of nitrogens with zero attached hydrogens (tertiary/aromatic N) is 4. The molecular formula is C14H11BrClN5O2S. The Kier molecular flexibility index (Phi) is 5.12. The predicted octanol–water partition coefficient (Wildman–Crippen LogP) is 3.08. The van der Waals surface area contributed by atoms with Crippen molar-refractivity contribution in [1.82, 2.24) is 25.5 Å². The lowest BCUT2D eigenvalue weighted by molar-refractivity contribution is 0.0948. The van der Waals surface area contributed by atoms with Gasteiger partial charge in [0.1, 0.15) is 12.1 Å². The first-order valence-electron chi connectivity index (χ1n) is 6.70. The zero-order valence-corrected chi connectivity index (χ0v) is 15.5. The second kappa shape index (κ2) is 7.29. The standard InChI is InChI=1S/C14H11BrClN5O2S/c1-23-13-4-12(21-7-18-19-20-21)11(16)3-10(13)14(22)17-5-9-2-8(15)6-24-9/h2-4,6-7H,5H2,1H3,(H,17,22). The Morgan fingerprint density at radius 3 is 2.92 bits per heavy atom. The van der Waals surface area contributed by atoms with Gasteiger partial charge in [-0.3, -0.25) is 4.79 Å². The minimum absolute atomic E-state index is 0.276. The van der Waals surface area contributed by atoms with Gasteiger partial charge < -0.3 is 10.1 Å². The summed E-state index contributed by atoms with van der Waals surface area (Å²) in [5, 5.41) is 16.1. The lowest BCUT2D eigenvalue weighted by Crippen LogP contribution is -2.23. The summed E-state index contributed by atoms with van der Waals surface area (Å²) in [4.78, 5) is 13.5. The molecule has 0 aliphatic carbocycles. The second-order valence-corrected chi connectivity index (χ2v) is 6.99. The molecule has 0 spiro atoms. The molecule has 0 aliphatic heterocycles. The molecule has 1 aromatic carbocycles. The molecule has 3 aromatic rings. The van der Waals surface area contributed by atoms with Gasteiger partial charge >= 0.3 is 0 Å². The molecule has 3 rings (SSSR count). The van der Waals surface area contributed by atoms with Gasteiger partial charge in [0.25, 0.3) is 5.91 Å². The van der Waals surface area contributed by atoms with Gasteiger partial charge in [-0.25, -0.2) is 0 Å². The number of thiophene rings is 1. The van der Waals surface area contributed by atoms with Gasteiger partial charge in [0, 0.05) is 20.8 Å². The number of tetrazole rings is 1. The Balaban J connectivity index is 1.84. The summed E-state index contributed by atoms with van der Waals surface area (Å²) < 4.78 is 7.70. The van der Waals surface area contributed by atoms with Crippen LogP contribution in [-0.4, -0.2) is 33.2 Å². The van der Waals surface area contributed by atoms with Crippen LogP contribution in [0.15, 0.2) is 34.4 Å². The van der Waals surface area contributed by atoms with E-state index in [0.29, 0.717) is 28.6 Å². The second-order valence-electron chi connectivity index (χ2n) is 4.67. The average molecular weight is 429 g/mol. The maximum Gasteiger partial charge on any atom is 0.255 e. The number of rotatable bonds is 5. The lowest BCUT2D eigenvalue weighted by Gasteiger charge is -2.12. The van der Waals surface area contributed by atoms with E-state index in [9.17, 15) is 4.79 Å². The van der Waals surface area contributed by atoms with Crippen molar-refractivity contribution in [3.63, 3.8) is 0 Å². The quantitative estimate of drug-likeness (QED) is 0.675. The highest BCUT2D eigenvalue weighted by Crippen LogP contribution is 2.29. The minimum atomic E-state index is -0.276. The highest BCUT2D eigenvalue weighted by molar-refractivity contribution is 9.10.